The first kappa shape index (κ1) is 37.4. The zero-order valence-electron chi connectivity index (χ0n) is 25.2. The molecular weight excluding hydrogens is 636 g/mol. The normalized spacial score (nSPS) is 10.5. The average molecular weight is 671 g/mol. The number of carbonyl (C=O) groups excluding carboxylic acids is 4. The maximum atomic E-state index is 12.6. The number of rotatable bonds is 17. The number of benzene rings is 2. The predicted octanol–water partition coefficient (Wildman–Crippen LogP) is 5.70. The topological polar surface area (TPSA) is 132 Å². The van der Waals surface area contributed by atoms with Gasteiger partial charge in [-0.25, -0.2) is 19.2 Å². The number of carbonyl (C=O) groups is 4. The van der Waals surface area contributed by atoms with Gasteiger partial charge in [0, 0.05) is 50.4 Å². The van der Waals surface area contributed by atoms with E-state index < -0.39 is 29.3 Å². The van der Waals surface area contributed by atoms with Crippen molar-refractivity contribution >= 4 is 67.0 Å². The Morgan fingerprint density at radius 3 is 1.65 bits per heavy atom. The molecule has 0 fully saturated rings. The molecule has 0 bridgehead atoms. The van der Waals surface area contributed by atoms with Gasteiger partial charge in [-0.3, -0.25) is 4.79 Å². The quantitative estimate of drug-likeness (QED) is 0.0440. The Morgan fingerprint density at radius 2 is 1.17 bits per heavy atom. The molecule has 0 radical (unpaired) electrons. The number of alkyl halides is 1. The highest BCUT2D eigenvalue weighted by atomic mass is 35.5. The molecule has 244 valence electrons. The molecule has 0 aliphatic heterocycles. The van der Waals surface area contributed by atoms with Gasteiger partial charge in [0.2, 0.25) is 0 Å². The van der Waals surface area contributed by atoms with Crippen LogP contribution in [0.1, 0.15) is 12.8 Å². The van der Waals surface area contributed by atoms with Crippen molar-refractivity contribution in [2.24, 2.45) is 5.41 Å². The summed E-state index contributed by atoms with van der Waals surface area (Å²) in [4.78, 5) is 57.9. The summed E-state index contributed by atoms with van der Waals surface area (Å²) in [6.07, 6.45) is 5.55. The number of hydrogen-bond acceptors (Lipinski definition) is 11. The average Bonchev–Trinajstić information content (AvgIpc) is 3.09. The Labute approximate surface area is 275 Å². The number of esters is 4. The van der Waals surface area contributed by atoms with Crippen LogP contribution in [0.5, 0.6) is 5.75 Å². The molecular formula is C34H35ClO10S. The second kappa shape index (κ2) is 19.6. The van der Waals surface area contributed by atoms with Crippen molar-refractivity contribution in [2.75, 3.05) is 38.9 Å². The Morgan fingerprint density at radius 1 is 0.696 bits per heavy atom. The second-order valence-electron chi connectivity index (χ2n) is 9.58. The van der Waals surface area contributed by atoms with Gasteiger partial charge in [-0.2, -0.15) is 0 Å². The molecule has 0 aliphatic rings. The fourth-order valence-corrected chi connectivity index (χ4v) is 4.88. The molecule has 3 rings (SSSR count). The van der Waals surface area contributed by atoms with E-state index in [1.54, 1.807) is 11.3 Å². The van der Waals surface area contributed by atoms with E-state index in [4.69, 9.17) is 35.3 Å². The fourth-order valence-electron chi connectivity index (χ4n) is 3.64. The Hall–Kier alpha value is -4.74. The van der Waals surface area contributed by atoms with Crippen molar-refractivity contribution in [3.05, 3.63) is 103 Å². The summed E-state index contributed by atoms with van der Waals surface area (Å²) in [5.41, 5.74) is -1.26. The number of hydrogen-bond donors (Lipinski definition) is 0. The minimum atomic E-state index is -1.34. The summed E-state index contributed by atoms with van der Waals surface area (Å²) in [6.45, 7) is 12.1. The van der Waals surface area contributed by atoms with Crippen LogP contribution in [0.3, 0.4) is 0 Å². The number of fused-ring (bicyclic) bond motifs is 2. The molecule has 46 heavy (non-hydrogen) atoms. The number of ether oxygens (including phenoxy) is 5. The molecule has 0 atom stereocenters. The van der Waals surface area contributed by atoms with Gasteiger partial charge in [-0.1, -0.05) is 38.4 Å². The van der Waals surface area contributed by atoms with E-state index in [9.17, 15) is 24.0 Å². The molecule has 0 spiro atoms. The van der Waals surface area contributed by atoms with Crippen molar-refractivity contribution in [3.63, 3.8) is 0 Å². The monoisotopic (exact) mass is 670 g/mol. The molecule has 3 aromatic rings. The van der Waals surface area contributed by atoms with Gasteiger partial charge < -0.3 is 23.7 Å². The summed E-state index contributed by atoms with van der Waals surface area (Å²) >= 11 is 7.28. The molecule has 0 aliphatic carbocycles. The molecule has 0 saturated heterocycles. The first-order chi connectivity index (χ1) is 22.1. The summed E-state index contributed by atoms with van der Waals surface area (Å²) in [5.74, 6) is -1.64. The standard InChI is InChI=1S/C17H15ClO2S.C17H20O8/c18-9-3-4-10-20-12-7-8-16-14(11-12)17(19)13-5-1-2-6-15(13)21-16;1-5-13(18)22-9-17(10-23-14(19)6-2,11-24-15(20)7-3)12-25-16(21)8-4/h1-2,5-8,11H,3-4,9-10H2;5-8H,1-4,9-12H2. The molecule has 0 saturated carbocycles. The van der Waals surface area contributed by atoms with Crippen molar-refractivity contribution in [3.8, 4) is 5.75 Å². The van der Waals surface area contributed by atoms with Crippen LogP contribution in [0.25, 0.3) is 20.2 Å². The lowest BCUT2D eigenvalue weighted by atomic mass is 9.92. The lowest BCUT2D eigenvalue weighted by molar-refractivity contribution is -0.164. The van der Waals surface area contributed by atoms with E-state index in [0.717, 1.165) is 63.1 Å². The van der Waals surface area contributed by atoms with Crippen LogP contribution in [-0.4, -0.2) is 62.8 Å². The van der Waals surface area contributed by atoms with Gasteiger partial charge in [-0.05, 0) is 43.2 Å². The third-order valence-corrected chi connectivity index (χ3v) is 7.51. The minimum Gasteiger partial charge on any atom is -0.494 e. The largest absolute Gasteiger partial charge is 0.494 e. The number of unbranched alkanes of at least 4 members (excludes halogenated alkanes) is 1. The SMILES string of the molecule is C=CC(=O)OCC(COC(=O)C=C)(COC(=O)C=C)COC(=O)C=C.O=c1c2ccccc2sc2ccc(OCCCCCl)cc12. The van der Waals surface area contributed by atoms with Gasteiger partial charge in [0.1, 0.15) is 37.6 Å². The summed E-state index contributed by atoms with van der Waals surface area (Å²) in [6, 6.07) is 13.5. The van der Waals surface area contributed by atoms with Crippen LogP contribution in [0.15, 0.2) is 97.9 Å². The van der Waals surface area contributed by atoms with Crippen LogP contribution < -0.4 is 10.2 Å². The Bertz CT molecular complexity index is 1530. The smallest absolute Gasteiger partial charge is 0.330 e. The molecule has 1 heterocycles. The predicted molar refractivity (Wildman–Crippen MR) is 178 cm³/mol. The van der Waals surface area contributed by atoms with Crippen LogP contribution in [0.2, 0.25) is 0 Å². The van der Waals surface area contributed by atoms with Gasteiger partial charge >= 0.3 is 23.9 Å². The van der Waals surface area contributed by atoms with Gasteiger partial charge in [-0.15, -0.1) is 22.9 Å². The van der Waals surface area contributed by atoms with E-state index >= 15 is 0 Å². The van der Waals surface area contributed by atoms with Gasteiger partial charge in [0.05, 0.1) is 6.61 Å². The van der Waals surface area contributed by atoms with Crippen molar-refractivity contribution in [1.82, 2.24) is 0 Å². The molecule has 0 amide bonds. The minimum absolute atomic E-state index is 0.0746. The number of halogens is 1. The Balaban J connectivity index is 0.000000323. The van der Waals surface area contributed by atoms with Gasteiger partial charge in [0.25, 0.3) is 0 Å². The highest BCUT2D eigenvalue weighted by Gasteiger charge is 2.37. The maximum absolute atomic E-state index is 12.6. The first-order valence-corrected chi connectivity index (χ1v) is 15.3. The van der Waals surface area contributed by atoms with E-state index in [0.29, 0.717) is 12.5 Å². The van der Waals surface area contributed by atoms with E-state index in [1.807, 2.05) is 42.5 Å². The van der Waals surface area contributed by atoms with Crippen LogP contribution in [-0.2, 0) is 38.1 Å². The van der Waals surface area contributed by atoms with Crippen LogP contribution >= 0.6 is 22.9 Å². The molecule has 12 heteroatoms. The molecule has 1 aromatic heterocycles. The van der Waals surface area contributed by atoms with Gasteiger partial charge in [0.15, 0.2) is 5.43 Å². The van der Waals surface area contributed by atoms with Crippen LogP contribution in [0.4, 0.5) is 0 Å². The molecule has 10 nitrogen and oxygen atoms in total. The van der Waals surface area contributed by atoms with E-state index in [-0.39, 0.29) is 31.9 Å². The molecule has 2 aromatic carbocycles. The lowest BCUT2D eigenvalue weighted by Gasteiger charge is -2.31. The third kappa shape index (κ3) is 12.0. The van der Waals surface area contributed by atoms with Crippen molar-refractivity contribution < 1.29 is 42.9 Å². The summed E-state index contributed by atoms with van der Waals surface area (Å²) < 4.78 is 27.5. The zero-order chi connectivity index (χ0) is 34.0. The highest BCUT2D eigenvalue weighted by Crippen LogP contribution is 2.27. The fraction of sp³-hybridized carbons (Fsp3) is 0.265. The lowest BCUT2D eigenvalue weighted by Crippen LogP contribution is -2.43. The van der Waals surface area contributed by atoms with Crippen molar-refractivity contribution in [1.29, 1.82) is 0 Å². The Kier molecular flexibility index (Phi) is 16.0. The zero-order valence-corrected chi connectivity index (χ0v) is 26.8. The van der Waals surface area contributed by atoms with Crippen molar-refractivity contribution in [2.45, 2.75) is 12.8 Å². The summed E-state index contributed by atoms with van der Waals surface area (Å²) in [5, 5.41) is 1.50. The van der Waals surface area contributed by atoms with Crippen LogP contribution in [0, 0.1) is 5.41 Å². The maximum Gasteiger partial charge on any atom is 0.330 e. The van der Waals surface area contributed by atoms with E-state index in [2.05, 4.69) is 26.3 Å². The molecule has 0 N–H and O–H groups in total. The highest BCUT2D eigenvalue weighted by molar-refractivity contribution is 7.24. The molecule has 0 unspecified atom stereocenters. The van der Waals surface area contributed by atoms with E-state index in [1.165, 1.54) is 0 Å². The second-order valence-corrected chi connectivity index (χ2v) is 11.0. The first-order valence-electron chi connectivity index (χ1n) is 13.9. The summed E-state index contributed by atoms with van der Waals surface area (Å²) in [7, 11) is 0. The third-order valence-electron chi connectivity index (χ3n) is 6.09.